The van der Waals surface area contributed by atoms with Crippen LogP contribution in [-0.4, -0.2) is 26.3 Å². The summed E-state index contributed by atoms with van der Waals surface area (Å²) in [4.78, 5) is 2.16. The first kappa shape index (κ1) is 12.2. The van der Waals surface area contributed by atoms with Crippen molar-refractivity contribution in [1.82, 2.24) is 0 Å². The molecule has 0 aliphatic carbocycles. The number of nitriles is 1. The minimum atomic E-state index is 0.442. The van der Waals surface area contributed by atoms with Crippen LogP contribution in [0.3, 0.4) is 0 Å². The molecule has 0 radical (unpaired) electrons. The van der Waals surface area contributed by atoms with Crippen LogP contribution in [0, 0.1) is 11.3 Å². The first-order chi connectivity index (χ1) is 8.22. The zero-order valence-electron chi connectivity index (χ0n) is 9.82. The Hall–Kier alpha value is -1.24. The van der Waals surface area contributed by atoms with Crippen molar-refractivity contribution in [2.75, 3.05) is 25.2 Å². The Balaban J connectivity index is 2.23. The average molecular weight is 251 g/mol. The van der Waals surface area contributed by atoms with Gasteiger partial charge >= 0.3 is 0 Å². The van der Waals surface area contributed by atoms with Crippen molar-refractivity contribution in [3.63, 3.8) is 0 Å². The molecule has 2 rings (SSSR count). The second-order valence-corrected chi connectivity index (χ2v) is 4.66. The van der Waals surface area contributed by atoms with Gasteiger partial charge in [0.1, 0.15) is 6.07 Å². The van der Waals surface area contributed by atoms with Crippen LogP contribution in [0.4, 0.5) is 5.69 Å². The standard InChI is InChI=1S/C13H15ClN2O/c1-16(12-4-6-17-7-5-12)13-3-2-11(14)8-10(13)9-15/h2-3,8,12H,4-7H2,1H3. The molecule has 90 valence electrons. The van der Waals surface area contributed by atoms with Crippen molar-refractivity contribution in [3.05, 3.63) is 28.8 Å². The summed E-state index contributed by atoms with van der Waals surface area (Å²) in [5, 5.41) is 9.73. The third-order valence-electron chi connectivity index (χ3n) is 3.20. The number of benzene rings is 1. The van der Waals surface area contributed by atoms with Crippen molar-refractivity contribution in [3.8, 4) is 6.07 Å². The van der Waals surface area contributed by atoms with Crippen molar-refractivity contribution < 1.29 is 4.74 Å². The summed E-state index contributed by atoms with van der Waals surface area (Å²) in [6.45, 7) is 1.59. The van der Waals surface area contributed by atoms with Crippen LogP contribution in [0.15, 0.2) is 18.2 Å². The van der Waals surface area contributed by atoms with Gasteiger partial charge in [-0.3, -0.25) is 0 Å². The maximum Gasteiger partial charge on any atom is 0.101 e. The van der Waals surface area contributed by atoms with E-state index in [1.54, 1.807) is 6.07 Å². The van der Waals surface area contributed by atoms with E-state index in [0.29, 0.717) is 16.6 Å². The lowest BCUT2D eigenvalue weighted by Gasteiger charge is -2.33. The van der Waals surface area contributed by atoms with Crippen molar-refractivity contribution in [2.45, 2.75) is 18.9 Å². The van der Waals surface area contributed by atoms with Crippen LogP contribution in [0.1, 0.15) is 18.4 Å². The SMILES string of the molecule is CN(c1ccc(Cl)cc1C#N)C1CCOCC1. The smallest absolute Gasteiger partial charge is 0.101 e. The molecule has 3 nitrogen and oxygen atoms in total. The molecule has 1 heterocycles. The summed E-state index contributed by atoms with van der Waals surface area (Å²) < 4.78 is 5.35. The number of hydrogen-bond donors (Lipinski definition) is 0. The van der Waals surface area contributed by atoms with Crippen LogP contribution in [0.5, 0.6) is 0 Å². The fourth-order valence-electron chi connectivity index (χ4n) is 2.17. The molecule has 1 aliphatic heterocycles. The molecule has 1 aromatic carbocycles. The van der Waals surface area contributed by atoms with E-state index in [9.17, 15) is 0 Å². The summed E-state index contributed by atoms with van der Waals surface area (Å²) in [6, 6.07) is 8.10. The van der Waals surface area contributed by atoms with Crippen LogP contribution in [0.25, 0.3) is 0 Å². The Bertz CT molecular complexity index is 436. The molecule has 17 heavy (non-hydrogen) atoms. The van der Waals surface area contributed by atoms with Crippen LogP contribution < -0.4 is 4.90 Å². The minimum absolute atomic E-state index is 0.442. The molecule has 0 saturated carbocycles. The molecule has 4 heteroatoms. The summed E-state index contributed by atoms with van der Waals surface area (Å²) in [6.07, 6.45) is 2.01. The summed E-state index contributed by atoms with van der Waals surface area (Å²) in [7, 11) is 2.03. The van der Waals surface area contributed by atoms with E-state index in [2.05, 4.69) is 11.0 Å². The number of ether oxygens (including phenoxy) is 1. The quantitative estimate of drug-likeness (QED) is 0.810. The highest BCUT2D eigenvalue weighted by Gasteiger charge is 2.20. The molecule has 1 saturated heterocycles. The summed E-state index contributed by atoms with van der Waals surface area (Å²) in [5.74, 6) is 0. The van der Waals surface area contributed by atoms with Gasteiger partial charge in [0.25, 0.3) is 0 Å². The first-order valence-corrected chi connectivity index (χ1v) is 6.10. The van der Waals surface area contributed by atoms with E-state index in [1.165, 1.54) is 0 Å². The number of nitrogens with zero attached hydrogens (tertiary/aromatic N) is 2. The second-order valence-electron chi connectivity index (χ2n) is 4.23. The zero-order chi connectivity index (χ0) is 12.3. The van der Waals surface area contributed by atoms with Crippen LogP contribution in [0.2, 0.25) is 5.02 Å². The van der Waals surface area contributed by atoms with E-state index in [0.717, 1.165) is 31.7 Å². The van der Waals surface area contributed by atoms with E-state index in [-0.39, 0.29) is 0 Å². The van der Waals surface area contributed by atoms with Crippen molar-refractivity contribution in [2.24, 2.45) is 0 Å². The van der Waals surface area contributed by atoms with Gasteiger partial charge in [0.2, 0.25) is 0 Å². The van der Waals surface area contributed by atoms with Gasteiger partial charge in [0, 0.05) is 31.3 Å². The highest BCUT2D eigenvalue weighted by Crippen LogP contribution is 2.26. The summed E-state index contributed by atoms with van der Waals surface area (Å²) in [5.41, 5.74) is 1.58. The van der Waals surface area contributed by atoms with E-state index in [4.69, 9.17) is 21.6 Å². The third kappa shape index (κ3) is 2.71. The van der Waals surface area contributed by atoms with Crippen molar-refractivity contribution in [1.29, 1.82) is 5.26 Å². The zero-order valence-corrected chi connectivity index (χ0v) is 10.6. The fraction of sp³-hybridized carbons (Fsp3) is 0.462. The molecule has 0 spiro atoms. The molecule has 0 aromatic heterocycles. The van der Waals surface area contributed by atoms with Gasteiger partial charge in [-0.05, 0) is 31.0 Å². The van der Waals surface area contributed by atoms with Gasteiger partial charge in [-0.25, -0.2) is 0 Å². The van der Waals surface area contributed by atoms with Gasteiger partial charge in [-0.15, -0.1) is 0 Å². The average Bonchev–Trinajstić information content (AvgIpc) is 2.39. The maximum absolute atomic E-state index is 9.13. The highest BCUT2D eigenvalue weighted by atomic mass is 35.5. The van der Waals surface area contributed by atoms with Gasteiger partial charge in [0.05, 0.1) is 11.3 Å². The normalized spacial score (nSPS) is 16.5. The molecule has 1 fully saturated rings. The van der Waals surface area contributed by atoms with E-state index < -0.39 is 0 Å². The Kier molecular flexibility index (Phi) is 3.88. The van der Waals surface area contributed by atoms with Gasteiger partial charge in [0.15, 0.2) is 0 Å². The maximum atomic E-state index is 9.13. The minimum Gasteiger partial charge on any atom is -0.381 e. The molecule has 0 N–H and O–H groups in total. The van der Waals surface area contributed by atoms with Crippen molar-refractivity contribution >= 4 is 17.3 Å². The molecule has 0 atom stereocenters. The van der Waals surface area contributed by atoms with Crippen LogP contribution >= 0.6 is 11.6 Å². The molecular formula is C13H15ClN2O. The van der Waals surface area contributed by atoms with Crippen LogP contribution in [-0.2, 0) is 4.74 Å². The molecule has 0 amide bonds. The fourth-order valence-corrected chi connectivity index (χ4v) is 2.35. The van der Waals surface area contributed by atoms with Gasteiger partial charge in [-0.1, -0.05) is 11.6 Å². The predicted molar refractivity (Wildman–Crippen MR) is 68.4 cm³/mol. The Morgan fingerprint density at radius 3 is 2.76 bits per heavy atom. The molecule has 0 bridgehead atoms. The molecule has 1 aliphatic rings. The predicted octanol–water partition coefficient (Wildman–Crippen LogP) is 2.83. The Morgan fingerprint density at radius 2 is 2.12 bits per heavy atom. The van der Waals surface area contributed by atoms with Gasteiger partial charge in [-0.2, -0.15) is 5.26 Å². The van der Waals surface area contributed by atoms with E-state index in [1.807, 2.05) is 19.2 Å². The lowest BCUT2D eigenvalue weighted by Crippen LogP contribution is -2.37. The monoisotopic (exact) mass is 250 g/mol. The first-order valence-electron chi connectivity index (χ1n) is 5.72. The Labute approximate surface area is 107 Å². The number of rotatable bonds is 2. The highest BCUT2D eigenvalue weighted by molar-refractivity contribution is 6.30. The largest absolute Gasteiger partial charge is 0.381 e. The third-order valence-corrected chi connectivity index (χ3v) is 3.43. The topological polar surface area (TPSA) is 36.3 Å². The molecule has 0 unspecified atom stereocenters. The lowest BCUT2D eigenvalue weighted by molar-refractivity contribution is 0.0855. The Morgan fingerprint density at radius 1 is 1.41 bits per heavy atom. The molecular weight excluding hydrogens is 236 g/mol. The number of halogens is 1. The second kappa shape index (κ2) is 5.39. The van der Waals surface area contributed by atoms with Gasteiger partial charge < -0.3 is 9.64 Å². The summed E-state index contributed by atoms with van der Waals surface area (Å²) >= 11 is 5.90. The lowest BCUT2D eigenvalue weighted by atomic mass is 10.1. The number of anilines is 1. The molecule has 1 aromatic rings. The number of hydrogen-bond acceptors (Lipinski definition) is 3. The van der Waals surface area contributed by atoms with E-state index >= 15 is 0 Å².